The SMILES string of the molecule is COc1ccc(CNC(=O)CN2CCCN(Cc3cccc(Cl)c3)S2(=O)=O)cc1. The molecule has 0 aliphatic carbocycles. The third kappa shape index (κ3) is 5.70. The molecule has 1 fully saturated rings. The number of nitrogens with zero attached hydrogens (tertiary/aromatic N) is 2. The van der Waals surface area contributed by atoms with E-state index in [0.29, 0.717) is 31.1 Å². The Labute approximate surface area is 176 Å². The first-order chi connectivity index (χ1) is 13.9. The molecule has 1 N–H and O–H groups in total. The molecule has 156 valence electrons. The summed E-state index contributed by atoms with van der Waals surface area (Å²) in [7, 11) is -2.13. The Bertz CT molecular complexity index is 950. The number of methoxy groups -OCH3 is 1. The molecule has 7 nitrogen and oxygen atoms in total. The summed E-state index contributed by atoms with van der Waals surface area (Å²) >= 11 is 6.00. The summed E-state index contributed by atoms with van der Waals surface area (Å²) in [5.74, 6) is 0.397. The van der Waals surface area contributed by atoms with E-state index in [9.17, 15) is 13.2 Å². The zero-order valence-corrected chi connectivity index (χ0v) is 17.7. The van der Waals surface area contributed by atoms with E-state index in [0.717, 1.165) is 16.9 Å². The molecule has 0 spiro atoms. The topological polar surface area (TPSA) is 79.0 Å². The highest BCUT2D eigenvalue weighted by molar-refractivity contribution is 7.86. The van der Waals surface area contributed by atoms with Gasteiger partial charge in [-0.1, -0.05) is 35.9 Å². The van der Waals surface area contributed by atoms with Gasteiger partial charge in [-0.05, 0) is 41.8 Å². The van der Waals surface area contributed by atoms with Crippen molar-refractivity contribution < 1.29 is 17.9 Å². The lowest BCUT2D eigenvalue weighted by Crippen LogP contribution is -2.52. The number of nitrogens with one attached hydrogen (secondary N) is 1. The van der Waals surface area contributed by atoms with Crippen LogP contribution in [0, 0.1) is 0 Å². The Morgan fingerprint density at radius 2 is 1.83 bits per heavy atom. The monoisotopic (exact) mass is 437 g/mol. The van der Waals surface area contributed by atoms with E-state index in [1.165, 1.54) is 8.61 Å². The van der Waals surface area contributed by atoms with Gasteiger partial charge in [-0.15, -0.1) is 0 Å². The highest BCUT2D eigenvalue weighted by Gasteiger charge is 2.34. The summed E-state index contributed by atoms with van der Waals surface area (Å²) in [6.45, 7) is 1.09. The first-order valence-corrected chi connectivity index (χ1v) is 11.1. The molecule has 2 aromatic rings. The van der Waals surface area contributed by atoms with Gasteiger partial charge in [0.15, 0.2) is 0 Å². The molecule has 9 heteroatoms. The summed E-state index contributed by atoms with van der Waals surface area (Å²) in [4.78, 5) is 12.3. The van der Waals surface area contributed by atoms with Gasteiger partial charge < -0.3 is 10.1 Å². The fourth-order valence-corrected chi connectivity index (χ4v) is 4.99. The van der Waals surface area contributed by atoms with Crippen molar-refractivity contribution in [3.8, 4) is 5.75 Å². The molecule has 1 aliphatic rings. The molecule has 29 heavy (non-hydrogen) atoms. The number of carbonyl (C=O) groups is 1. The fourth-order valence-electron chi connectivity index (χ4n) is 3.14. The van der Waals surface area contributed by atoms with Crippen LogP contribution in [0.5, 0.6) is 5.75 Å². The molecular weight excluding hydrogens is 414 g/mol. The minimum atomic E-state index is -3.72. The number of halogens is 1. The zero-order valence-electron chi connectivity index (χ0n) is 16.2. The van der Waals surface area contributed by atoms with Crippen LogP contribution in [0.4, 0.5) is 0 Å². The molecule has 0 bridgehead atoms. The van der Waals surface area contributed by atoms with Crippen LogP contribution in [0.2, 0.25) is 5.02 Å². The molecule has 2 aromatic carbocycles. The van der Waals surface area contributed by atoms with E-state index < -0.39 is 10.2 Å². The van der Waals surface area contributed by atoms with E-state index in [1.54, 1.807) is 25.3 Å². The molecule has 1 amide bonds. The third-order valence-corrected chi connectivity index (χ3v) is 6.85. The number of benzene rings is 2. The van der Waals surface area contributed by atoms with Crippen LogP contribution < -0.4 is 10.1 Å². The maximum Gasteiger partial charge on any atom is 0.282 e. The van der Waals surface area contributed by atoms with E-state index >= 15 is 0 Å². The predicted molar refractivity (Wildman–Crippen MR) is 112 cm³/mol. The van der Waals surface area contributed by atoms with Crippen molar-refractivity contribution in [3.05, 3.63) is 64.7 Å². The number of amides is 1. The summed E-state index contributed by atoms with van der Waals surface area (Å²) in [6, 6.07) is 14.4. The largest absolute Gasteiger partial charge is 0.497 e. The Hall–Kier alpha value is -2.13. The van der Waals surface area contributed by atoms with E-state index in [4.69, 9.17) is 16.3 Å². The number of carbonyl (C=O) groups excluding carboxylic acids is 1. The Kier molecular flexibility index (Phi) is 7.13. The second-order valence-electron chi connectivity index (χ2n) is 6.78. The van der Waals surface area contributed by atoms with Crippen molar-refractivity contribution in [1.82, 2.24) is 13.9 Å². The van der Waals surface area contributed by atoms with Crippen molar-refractivity contribution >= 4 is 27.7 Å². The highest BCUT2D eigenvalue weighted by Crippen LogP contribution is 2.20. The standard InChI is InChI=1S/C20H24ClN3O4S/c1-28-19-8-6-16(7-9-19)13-22-20(25)15-24-11-3-10-23(29(24,26)27)14-17-4-2-5-18(21)12-17/h2,4-9,12H,3,10-11,13-15H2,1H3,(H,22,25). The average Bonchev–Trinajstić information content (AvgIpc) is 2.70. The second kappa shape index (κ2) is 9.58. The van der Waals surface area contributed by atoms with Crippen molar-refractivity contribution in [2.75, 3.05) is 26.7 Å². The maximum absolute atomic E-state index is 12.9. The van der Waals surface area contributed by atoms with Crippen LogP contribution >= 0.6 is 11.6 Å². The average molecular weight is 438 g/mol. The molecular formula is C20H24ClN3O4S. The molecule has 0 saturated carbocycles. The molecule has 1 aliphatic heterocycles. The van der Waals surface area contributed by atoms with Crippen molar-refractivity contribution in [2.45, 2.75) is 19.5 Å². The molecule has 0 aromatic heterocycles. The second-order valence-corrected chi connectivity index (χ2v) is 9.15. The van der Waals surface area contributed by atoms with Crippen molar-refractivity contribution in [1.29, 1.82) is 0 Å². The lowest BCUT2D eigenvalue weighted by Gasteiger charge is -2.34. The first-order valence-electron chi connectivity index (χ1n) is 9.28. The molecule has 0 radical (unpaired) electrons. The van der Waals surface area contributed by atoms with Gasteiger partial charge in [0, 0.05) is 31.2 Å². The van der Waals surface area contributed by atoms with Gasteiger partial charge in [-0.25, -0.2) is 0 Å². The molecule has 3 rings (SSSR count). The van der Waals surface area contributed by atoms with Gasteiger partial charge in [-0.2, -0.15) is 17.0 Å². The van der Waals surface area contributed by atoms with Crippen LogP contribution in [-0.2, 0) is 28.1 Å². The molecule has 0 unspecified atom stereocenters. The summed E-state index contributed by atoms with van der Waals surface area (Å²) in [6.07, 6.45) is 0.658. The Morgan fingerprint density at radius 3 is 2.52 bits per heavy atom. The summed E-state index contributed by atoms with van der Waals surface area (Å²) < 4.78 is 33.5. The van der Waals surface area contributed by atoms with E-state index in [1.807, 2.05) is 30.3 Å². The Morgan fingerprint density at radius 1 is 1.10 bits per heavy atom. The number of ether oxygens (including phenoxy) is 1. The summed E-state index contributed by atoms with van der Waals surface area (Å²) in [5, 5.41) is 3.33. The highest BCUT2D eigenvalue weighted by atomic mass is 35.5. The molecule has 0 atom stereocenters. The van der Waals surface area contributed by atoms with E-state index in [-0.39, 0.29) is 19.0 Å². The van der Waals surface area contributed by atoms with Crippen LogP contribution in [0.15, 0.2) is 48.5 Å². The Balaban J connectivity index is 1.58. The number of hydrogen-bond acceptors (Lipinski definition) is 4. The van der Waals surface area contributed by atoms with Gasteiger partial charge in [0.1, 0.15) is 5.75 Å². The van der Waals surface area contributed by atoms with Crippen LogP contribution in [0.3, 0.4) is 0 Å². The van der Waals surface area contributed by atoms with Crippen LogP contribution in [-0.4, -0.2) is 49.7 Å². The quantitative estimate of drug-likeness (QED) is 0.721. The number of rotatable bonds is 7. The van der Waals surface area contributed by atoms with Gasteiger partial charge in [0.25, 0.3) is 10.2 Å². The normalized spacial score (nSPS) is 17.0. The first kappa shape index (κ1) is 21.6. The fraction of sp³-hybridized carbons (Fsp3) is 0.350. The molecule has 1 saturated heterocycles. The van der Waals surface area contributed by atoms with Crippen molar-refractivity contribution in [2.24, 2.45) is 0 Å². The van der Waals surface area contributed by atoms with Gasteiger partial charge >= 0.3 is 0 Å². The van der Waals surface area contributed by atoms with Gasteiger partial charge in [0.2, 0.25) is 5.91 Å². The number of hydrogen-bond donors (Lipinski definition) is 1. The summed E-state index contributed by atoms with van der Waals surface area (Å²) in [5.41, 5.74) is 1.72. The zero-order chi connectivity index (χ0) is 20.9. The van der Waals surface area contributed by atoms with Gasteiger partial charge in [-0.3, -0.25) is 4.79 Å². The minimum Gasteiger partial charge on any atom is -0.497 e. The van der Waals surface area contributed by atoms with Crippen LogP contribution in [0.1, 0.15) is 17.5 Å². The lowest BCUT2D eigenvalue weighted by molar-refractivity contribution is -0.121. The third-order valence-electron chi connectivity index (χ3n) is 4.68. The van der Waals surface area contributed by atoms with Gasteiger partial charge in [0.05, 0.1) is 13.7 Å². The maximum atomic E-state index is 12.9. The predicted octanol–water partition coefficient (Wildman–Crippen LogP) is 2.42. The molecule has 1 heterocycles. The smallest absolute Gasteiger partial charge is 0.282 e. The van der Waals surface area contributed by atoms with E-state index in [2.05, 4.69) is 5.32 Å². The van der Waals surface area contributed by atoms with Crippen LogP contribution in [0.25, 0.3) is 0 Å². The van der Waals surface area contributed by atoms with Crippen molar-refractivity contribution in [3.63, 3.8) is 0 Å². The minimum absolute atomic E-state index is 0.204. The lowest BCUT2D eigenvalue weighted by atomic mass is 10.2.